The molecule has 1 N–H and O–H groups in total. The molecule has 0 saturated carbocycles. The highest BCUT2D eigenvalue weighted by atomic mass is 35.5. The Morgan fingerprint density at radius 1 is 0.923 bits per heavy atom. The Balaban J connectivity index is 1.79. The Morgan fingerprint density at radius 2 is 1.62 bits per heavy atom. The van der Waals surface area contributed by atoms with E-state index in [9.17, 15) is 19.2 Å². The summed E-state index contributed by atoms with van der Waals surface area (Å²) >= 11 is 6.21. The van der Waals surface area contributed by atoms with Crippen LogP contribution in [0.1, 0.15) is 44.8 Å². The van der Waals surface area contributed by atoms with Crippen LogP contribution in [0.2, 0.25) is 5.02 Å². The molecule has 0 amide bonds. The highest BCUT2D eigenvalue weighted by Gasteiger charge is 2.25. The van der Waals surface area contributed by atoms with E-state index in [-0.39, 0.29) is 30.0 Å². The van der Waals surface area contributed by atoms with Gasteiger partial charge in [-0.2, -0.15) is 0 Å². The third kappa shape index (κ3) is 6.33. The summed E-state index contributed by atoms with van der Waals surface area (Å²) < 4.78 is 6.97. The second kappa shape index (κ2) is 11.9. The fourth-order valence-electron chi connectivity index (χ4n) is 4.48. The maximum Gasteiger partial charge on any atom is 0.335 e. The van der Waals surface area contributed by atoms with Crippen LogP contribution in [0.5, 0.6) is 5.75 Å². The molecule has 0 aliphatic rings. The predicted octanol–water partition coefficient (Wildman–Crippen LogP) is 5.67. The summed E-state index contributed by atoms with van der Waals surface area (Å²) in [5.74, 6) is -1.18. The summed E-state index contributed by atoms with van der Waals surface area (Å²) in [5.41, 5.74) is 2.40. The number of methoxy groups -OCH3 is 1. The quantitative estimate of drug-likeness (QED) is 0.258. The summed E-state index contributed by atoms with van der Waals surface area (Å²) in [4.78, 5) is 50.7. The van der Waals surface area contributed by atoms with Crippen LogP contribution in [-0.2, 0) is 17.6 Å². The van der Waals surface area contributed by atoms with Gasteiger partial charge in [0.1, 0.15) is 5.75 Å². The zero-order valence-corrected chi connectivity index (χ0v) is 22.1. The van der Waals surface area contributed by atoms with Crippen molar-refractivity contribution in [1.29, 1.82) is 0 Å². The molecular formula is C31H26ClNO6. The molecular weight excluding hydrogens is 518 g/mol. The van der Waals surface area contributed by atoms with Crippen LogP contribution in [0.25, 0.3) is 11.1 Å². The van der Waals surface area contributed by atoms with Gasteiger partial charge in [-0.25, -0.2) is 4.79 Å². The maximum atomic E-state index is 13.7. The number of carboxylic acid groups (broad SMARTS) is 1. The van der Waals surface area contributed by atoms with Crippen LogP contribution < -0.4 is 10.3 Å². The summed E-state index contributed by atoms with van der Waals surface area (Å²) in [6.07, 6.45) is 1.74. The third-order valence-electron chi connectivity index (χ3n) is 6.47. The molecule has 0 aliphatic carbocycles. The Morgan fingerprint density at radius 3 is 2.23 bits per heavy atom. The summed E-state index contributed by atoms with van der Waals surface area (Å²) in [6.45, 7) is 1.43. The van der Waals surface area contributed by atoms with Gasteiger partial charge in [-0.05, 0) is 53.9 Å². The molecule has 8 heteroatoms. The number of carboxylic acids is 1. The molecule has 0 fully saturated rings. The number of rotatable bonds is 10. The minimum absolute atomic E-state index is 0.00329. The van der Waals surface area contributed by atoms with Gasteiger partial charge in [0.2, 0.25) is 0 Å². The average Bonchev–Trinajstić information content (AvgIpc) is 2.92. The van der Waals surface area contributed by atoms with Crippen LogP contribution in [0.4, 0.5) is 0 Å². The molecule has 0 spiro atoms. The van der Waals surface area contributed by atoms with Crippen LogP contribution >= 0.6 is 11.6 Å². The summed E-state index contributed by atoms with van der Waals surface area (Å²) in [7, 11) is 1.45. The van der Waals surface area contributed by atoms with Gasteiger partial charge in [-0.15, -0.1) is 0 Å². The second-order valence-electron chi connectivity index (χ2n) is 9.10. The summed E-state index contributed by atoms with van der Waals surface area (Å²) in [5, 5.41) is 9.56. The molecule has 4 aromatic rings. The largest absolute Gasteiger partial charge is 0.495 e. The molecule has 39 heavy (non-hydrogen) atoms. The lowest BCUT2D eigenvalue weighted by Crippen LogP contribution is -2.32. The van der Waals surface area contributed by atoms with Crippen molar-refractivity contribution in [2.45, 2.75) is 25.8 Å². The number of benzene rings is 3. The lowest BCUT2D eigenvalue weighted by atomic mass is 9.95. The smallest absolute Gasteiger partial charge is 0.335 e. The van der Waals surface area contributed by atoms with E-state index >= 15 is 0 Å². The molecule has 198 valence electrons. The Kier molecular flexibility index (Phi) is 8.42. The van der Waals surface area contributed by atoms with Crippen molar-refractivity contribution < 1.29 is 24.2 Å². The molecule has 1 atom stereocenters. The molecule has 0 saturated heterocycles. The number of carbonyl (C=O) groups excluding carboxylic acids is 2. The minimum atomic E-state index is -1.05. The molecule has 0 bridgehead atoms. The van der Waals surface area contributed by atoms with Gasteiger partial charge in [0, 0.05) is 35.1 Å². The number of ether oxygens (including phenoxy) is 1. The number of hydrogen-bond donors (Lipinski definition) is 1. The number of pyridine rings is 1. The van der Waals surface area contributed by atoms with Crippen molar-refractivity contribution >= 4 is 29.1 Å². The van der Waals surface area contributed by atoms with Gasteiger partial charge in [0.05, 0.1) is 24.9 Å². The van der Waals surface area contributed by atoms with Gasteiger partial charge < -0.3 is 14.4 Å². The van der Waals surface area contributed by atoms with Crippen molar-refractivity contribution in [2.24, 2.45) is 0 Å². The van der Waals surface area contributed by atoms with Crippen LogP contribution in [0, 0.1) is 0 Å². The second-order valence-corrected chi connectivity index (χ2v) is 9.53. The highest BCUT2D eigenvalue weighted by Crippen LogP contribution is 2.34. The molecule has 4 rings (SSSR count). The number of aromatic carboxylic acids is 1. The Hall–Kier alpha value is -4.49. The first-order chi connectivity index (χ1) is 18.7. The van der Waals surface area contributed by atoms with E-state index in [2.05, 4.69) is 0 Å². The van der Waals surface area contributed by atoms with E-state index in [0.717, 1.165) is 5.56 Å². The van der Waals surface area contributed by atoms with Crippen molar-refractivity contribution in [3.05, 3.63) is 123 Å². The topological polar surface area (TPSA) is 103 Å². The number of ketones is 2. The molecule has 0 radical (unpaired) electrons. The number of halogens is 1. The predicted molar refractivity (Wildman–Crippen MR) is 149 cm³/mol. The molecule has 0 aliphatic heterocycles. The molecule has 7 nitrogen and oxygen atoms in total. The minimum Gasteiger partial charge on any atom is -0.495 e. The molecule has 1 heterocycles. The van der Waals surface area contributed by atoms with Crippen LogP contribution in [0.15, 0.2) is 89.9 Å². The fourth-order valence-corrected chi connectivity index (χ4v) is 4.65. The van der Waals surface area contributed by atoms with E-state index < -0.39 is 17.6 Å². The van der Waals surface area contributed by atoms with Gasteiger partial charge in [0.25, 0.3) is 5.56 Å². The van der Waals surface area contributed by atoms with Crippen molar-refractivity contribution in [2.75, 3.05) is 7.11 Å². The first-order valence-electron chi connectivity index (χ1n) is 12.2. The molecule has 1 aromatic heterocycles. The lowest BCUT2D eigenvalue weighted by molar-refractivity contribution is -0.121. The average molecular weight is 544 g/mol. The number of Topliss-reactive ketones (excluding diaryl/α,β-unsaturated/α-hetero) is 2. The monoisotopic (exact) mass is 543 g/mol. The van der Waals surface area contributed by atoms with Gasteiger partial charge in [0.15, 0.2) is 11.6 Å². The number of aromatic nitrogens is 1. The SMILES string of the molecule is COc1cn(C(Cc2ccccc2)C(=O)Cc2ccc(C(=O)O)cc2)c(=O)cc1-c1cc(Cl)ccc1C(C)=O. The van der Waals surface area contributed by atoms with Crippen molar-refractivity contribution in [3.63, 3.8) is 0 Å². The van der Waals surface area contributed by atoms with Crippen LogP contribution in [0.3, 0.4) is 0 Å². The van der Waals surface area contributed by atoms with E-state index in [1.165, 1.54) is 43.0 Å². The van der Waals surface area contributed by atoms with Crippen molar-refractivity contribution in [1.82, 2.24) is 4.57 Å². The first kappa shape index (κ1) is 27.5. The standard InChI is InChI=1S/C31H26ClNO6/c1-19(34)24-13-12-23(32)16-25(24)26-17-30(36)33(18-29(26)39-2)27(14-20-6-4-3-5-7-20)28(35)15-21-8-10-22(11-9-21)31(37)38/h3-13,16-18,27H,14-15H2,1-2H3,(H,37,38). The normalized spacial score (nSPS) is 11.6. The molecule has 3 aromatic carbocycles. The lowest BCUT2D eigenvalue weighted by Gasteiger charge is -2.21. The third-order valence-corrected chi connectivity index (χ3v) is 6.71. The Labute approximate surface area is 230 Å². The molecule has 1 unspecified atom stereocenters. The zero-order chi connectivity index (χ0) is 28.1. The highest BCUT2D eigenvalue weighted by molar-refractivity contribution is 6.31. The van der Waals surface area contributed by atoms with E-state index in [4.69, 9.17) is 21.4 Å². The van der Waals surface area contributed by atoms with E-state index in [1.807, 2.05) is 30.3 Å². The zero-order valence-electron chi connectivity index (χ0n) is 21.4. The first-order valence-corrected chi connectivity index (χ1v) is 12.6. The number of nitrogens with zero attached hydrogens (tertiary/aromatic N) is 1. The van der Waals surface area contributed by atoms with Gasteiger partial charge in [-0.1, -0.05) is 54.1 Å². The maximum absolute atomic E-state index is 13.7. The van der Waals surface area contributed by atoms with Crippen LogP contribution in [-0.4, -0.2) is 34.3 Å². The Bertz CT molecular complexity index is 1590. The van der Waals surface area contributed by atoms with E-state index in [0.29, 0.717) is 33.0 Å². The van der Waals surface area contributed by atoms with Crippen molar-refractivity contribution in [3.8, 4) is 16.9 Å². The number of carbonyl (C=O) groups is 3. The van der Waals surface area contributed by atoms with Gasteiger partial charge in [-0.3, -0.25) is 14.4 Å². The fraction of sp³-hybridized carbons (Fsp3) is 0.161. The van der Waals surface area contributed by atoms with Gasteiger partial charge >= 0.3 is 5.97 Å². The number of hydrogen-bond acceptors (Lipinski definition) is 5. The van der Waals surface area contributed by atoms with E-state index in [1.54, 1.807) is 30.3 Å². The summed E-state index contributed by atoms with van der Waals surface area (Å²) in [6, 6.07) is 20.7.